The van der Waals surface area contributed by atoms with Crippen molar-refractivity contribution in [1.82, 2.24) is 9.80 Å². The minimum atomic E-state index is 0.0965. The molecule has 0 radical (unpaired) electrons. The molecule has 1 aliphatic rings. The summed E-state index contributed by atoms with van der Waals surface area (Å²) in [6.45, 7) is 6.69. The average molecular weight is 257 g/mol. The lowest BCUT2D eigenvalue weighted by atomic mass is 10.1. The molecule has 0 saturated carbocycles. The van der Waals surface area contributed by atoms with E-state index in [1.807, 2.05) is 29.2 Å². The Morgan fingerprint density at radius 1 is 1.21 bits per heavy atom. The topological polar surface area (TPSA) is 47.3 Å². The SMILES string of the molecule is CCN1CCN(C(=O)c2ccc(CC#N)cc2)CC1. The third kappa shape index (κ3) is 3.33. The fourth-order valence-corrected chi connectivity index (χ4v) is 2.31. The molecule has 19 heavy (non-hydrogen) atoms. The molecule has 0 aliphatic carbocycles. The van der Waals surface area contributed by atoms with Crippen LogP contribution in [0.25, 0.3) is 0 Å². The average Bonchev–Trinajstić information content (AvgIpc) is 2.48. The fraction of sp³-hybridized carbons (Fsp3) is 0.467. The quantitative estimate of drug-likeness (QED) is 0.825. The number of piperazine rings is 1. The summed E-state index contributed by atoms with van der Waals surface area (Å²) in [7, 11) is 0. The summed E-state index contributed by atoms with van der Waals surface area (Å²) >= 11 is 0. The summed E-state index contributed by atoms with van der Waals surface area (Å²) in [4.78, 5) is 16.6. The number of hydrogen-bond donors (Lipinski definition) is 0. The van der Waals surface area contributed by atoms with Gasteiger partial charge in [0.25, 0.3) is 5.91 Å². The molecule has 1 amide bonds. The van der Waals surface area contributed by atoms with Crippen LogP contribution in [-0.4, -0.2) is 48.4 Å². The minimum absolute atomic E-state index is 0.0965. The van der Waals surface area contributed by atoms with Crippen molar-refractivity contribution >= 4 is 5.91 Å². The molecule has 1 heterocycles. The van der Waals surface area contributed by atoms with Crippen LogP contribution in [0.1, 0.15) is 22.8 Å². The van der Waals surface area contributed by atoms with Gasteiger partial charge in [0.1, 0.15) is 0 Å². The van der Waals surface area contributed by atoms with Crippen molar-refractivity contribution < 1.29 is 4.79 Å². The smallest absolute Gasteiger partial charge is 0.253 e. The Hall–Kier alpha value is -1.86. The van der Waals surface area contributed by atoms with E-state index in [0.29, 0.717) is 12.0 Å². The van der Waals surface area contributed by atoms with E-state index in [4.69, 9.17) is 5.26 Å². The molecule has 0 atom stereocenters. The highest BCUT2D eigenvalue weighted by Gasteiger charge is 2.20. The van der Waals surface area contributed by atoms with Crippen LogP contribution in [0, 0.1) is 11.3 Å². The molecule has 0 unspecified atom stereocenters. The maximum absolute atomic E-state index is 12.3. The Balaban J connectivity index is 1.98. The highest BCUT2D eigenvalue weighted by Crippen LogP contribution is 2.10. The number of likely N-dealkylation sites (N-methyl/N-ethyl adjacent to an activating group) is 1. The van der Waals surface area contributed by atoms with Gasteiger partial charge in [0.05, 0.1) is 12.5 Å². The van der Waals surface area contributed by atoms with Gasteiger partial charge in [-0.1, -0.05) is 19.1 Å². The van der Waals surface area contributed by atoms with Gasteiger partial charge in [-0.3, -0.25) is 4.79 Å². The molecule has 1 aromatic carbocycles. The predicted octanol–water partition coefficient (Wildman–Crippen LogP) is 1.53. The van der Waals surface area contributed by atoms with Crippen LogP contribution in [0.15, 0.2) is 24.3 Å². The van der Waals surface area contributed by atoms with E-state index in [1.54, 1.807) is 0 Å². The summed E-state index contributed by atoms with van der Waals surface area (Å²) in [6, 6.07) is 9.47. The second kappa shape index (κ2) is 6.35. The number of carbonyl (C=O) groups is 1. The molecule has 1 aromatic rings. The second-order valence-corrected chi connectivity index (χ2v) is 4.76. The number of rotatable bonds is 3. The molecule has 1 aliphatic heterocycles. The van der Waals surface area contributed by atoms with Crippen LogP contribution in [0.4, 0.5) is 0 Å². The van der Waals surface area contributed by atoms with Gasteiger partial charge in [-0.05, 0) is 24.2 Å². The Morgan fingerprint density at radius 2 is 1.84 bits per heavy atom. The molecular formula is C15H19N3O. The molecule has 100 valence electrons. The lowest BCUT2D eigenvalue weighted by Gasteiger charge is -2.34. The predicted molar refractivity (Wildman–Crippen MR) is 73.8 cm³/mol. The Kier molecular flexibility index (Phi) is 4.53. The highest BCUT2D eigenvalue weighted by atomic mass is 16.2. The van der Waals surface area contributed by atoms with E-state index in [-0.39, 0.29) is 5.91 Å². The normalized spacial score (nSPS) is 16.1. The third-order valence-corrected chi connectivity index (χ3v) is 3.59. The molecule has 0 aromatic heterocycles. The first-order chi connectivity index (χ1) is 9.24. The van der Waals surface area contributed by atoms with Crippen molar-refractivity contribution in [2.45, 2.75) is 13.3 Å². The van der Waals surface area contributed by atoms with Gasteiger partial charge in [-0.25, -0.2) is 0 Å². The van der Waals surface area contributed by atoms with E-state index >= 15 is 0 Å². The highest BCUT2D eigenvalue weighted by molar-refractivity contribution is 5.94. The summed E-state index contributed by atoms with van der Waals surface area (Å²) in [5.41, 5.74) is 1.67. The zero-order chi connectivity index (χ0) is 13.7. The van der Waals surface area contributed by atoms with Crippen molar-refractivity contribution in [3.05, 3.63) is 35.4 Å². The summed E-state index contributed by atoms with van der Waals surface area (Å²) in [5.74, 6) is 0.0965. The van der Waals surface area contributed by atoms with Gasteiger partial charge >= 0.3 is 0 Å². The van der Waals surface area contributed by atoms with Crippen LogP contribution in [-0.2, 0) is 6.42 Å². The minimum Gasteiger partial charge on any atom is -0.336 e. The number of amides is 1. The van der Waals surface area contributed by atoms with E-state index in [1.165, 1.54) is 0 Å². The number of carbonyl (C=O) groups excluding carboxylic acids is 1. The first-order valence-electron chi connectivity index (χ1n) is 6.72. The van der Waals surface area contributed by atoms with Crippen LogP contribution in [0.5, 0.6) is 0 Å². The van der Waals surface area contributed by atoms with Gasteiger partial charge in [-0.15, -0.1) is 0 Å². The monoisotopic (exact) mass is 257 g/mol. The molecular weight excluding hydrogens is 238 g/mol. The number of hydrogen-bond acceptors (Lipinski definition) is 3. The van der Waals surface area contributed by atoms with Crippen molar-refractivity contribution in [2.24, 2.45) is 0 Å². The first-order valence-corrected chi connectivity index (χ1v) is 6.72. The van der Waals surface area contributed by atoms with Crippen molar-refractivity contribution in [3.8, 4) is 6.07 Å². The van der Waals surface area contributed by atoms with Crippen LogP contribution in [0.2, 0.25) is 0 Å². The maximum Gasteiger partial charge on any atom is 0.253 e. The van der Waals surface area contributed by atoms with Gasteiger partial charge in [0.15, 0.2) is 0 Å². The number of nitrogens with zero attached hydrogens (tertiary/aromatic N) is 3. The first kappa shape index (κ1) is 13.6. The molecule has 0 bridgehead atoms. The van der Waals surface area contributed by atoms with E-state index in [9.17, 15) is 4.79 Å². The van der Waals surface area contributed by atoms with E-state index < -0.39 is 0 Å². The van der Waals surface area contributed by atoms with Crippen LogP contribution >= 0.6 is 0 Å². The molecule has 4 heteroatoms. The molecule has 1 fully saturated rings. The van der Waals surface area contributed by atoms with Crippen molar-refractivity contribution in [2.75, 3.05) is 32.7 Å². The number of benzene rings is 1. The van der Waals surface area contributed by atoms with Crippen molar-refractivity contribution in [1.29, 1.82) is 5.26 Å². The number of nitriles is 1. The van der Waals surface area contributed by atoms with E-state index in [2.05, 4.69) is 17.9 Å². The zero-order valence-electron chi connectivity index (χ0n) is 11.3. The Labute approximate surface area is 114 Å². The molecule has 0 spiro atoms. The summed E-state index contributed by atoms with van der Waals surface area (Å²) < 4.78 is 0. The molecule has 0 N–H and O–H groups in total. The Bertz CT molecular complexity index is 467. The largest absolute Gasteiger partial charge is 0.336 e. The van der Waals surface area contributed by atoms with E-state index in [0.717, 1.165) is 38.3 Å². The zero-order valence-corrected chi connectivity index (χ0v) is 11.3. The van der Waals surface area contributed by atoms with Gasteiger partial charge in [-0.2, -0.15) is 5.26 Å². The molecule has 2 rings (SSSR count). The van der Waals surface area contributed by atoms with Crippen LogP contribution < -0.4 is 0 Å². The second-order valence-electron chi connectivity index (χ2n) is 4.76. The van der Waals surface area contributed by atoms with Crippen molar-refractivity contribution in [3.63, 3.8) is 0 Å². The summed E-state index contributed by atoms with van der Waals surface area (Å²) in [6.07, 6.45) is 0.393. The third-order valence-electron chi connectivity index (χ3n) is 3.59. The maximum atomic E-state index is 12.3. The summed E-state index contributed by atoms with van der Waals surface area (Å²) in [5, 5.41) is 8.62. The Morgan fingerprint density at radius 3 is 2.37 bits per heavy atom. The molecule has 1 saturated heterocycles. The lowest BCUT2D eigenvalue weighted by molar-refractivity contribution is 0.0643. The van der Waals surface area contributed by atoms with Gasteiger partial charge in [0, 0.05) is 31.7 Å². The standard InChI is InChI=1S/C15H19N3O/c1-2-17-9-11-18(12-10-17)15(19)14-5-3-13(4-6-14)7-8-16/h3-6H,2,7,9-12H2,1H3. The van der Waals surface area contributed by atoms with Gasteiger partial charge < -0.3 is 9.80 Å². The lowest BCUT2D eigenvalue weighted by Crippen LogP contribution is -2.48. The van der Waals surface area contributed by atoms with Crippen LogP contribution in [0.3, 0.4) is 0 Å². The fourth-order valence-electron chi connectivity index (χ4n) is 2.31. The molecule has 4 nitrogen and oxygen atoms in total. The van der Waals surface area contributed by atoms with Gasteiger partial charge in [0.2, 0.25) is 0 Å².